The Bertz CT molecular complexity index is 1010. The quantitative estimate of drug-likeness (QED) is 0.431. The minimum atomic E-state index is 0.423. The molecule has 4 aromatic heterocycles. The highest BCUT2D eigenvalue weighted by Gasteiger charge is 2.06. The lowest BCUT2D eigenvalue weighted by Crippen LogP contribution is -2.10. The largest absolute Gasteiger partial charge is 0.488 e. The van der Waals surface area contributed by atoms with Crippen molar-refractivity contribution in [2.75, 3.05) is 13.2 Å². The Morgan fingerprint density at radius 2 is 1.58 bits per heavy atom. The van der Waals surface area contributed by atoms with Gasteiger partial charge in [0, 0.05) is 15.1 Å². The van der Waals surface area contributed by atoms with Crippen molar-refractivity contribution >= 4 is 42.9 Å². The van der Waals surface area contributed by atoms with Crippen LogP contribution in [-0.4, -0.2) is 32.4 Å². The van der Waals surface area contributed by atoms with Gasteiger partial charge in [0.1, 0.15) is 30.2 Å². The molecule has 0 amide bonds. The molecule has 24 heavy (non-hydrogen) atoms. The maximum Gasteiger partial charge on any atom is 0.146 e. The third-order valence-electron chi connectivity index (χ3n) is 3.48. The van der Waals surface area contributed by atoms with Crippen LogP contribution < -0.4 is 9.47 Å². The van der Waals surface area contributed by atoms with Crippen molar-refractivity contribution in [2.24, 2.45) is 0 Å². The van der Waals surface area contributed by atoms with Crippen LogP contribution in [0.25, 0.3) is 11.0 Å². The molecule has 0 aromatic carbocycles. The summed E-state index contributed by atoms with van der Waals surface area (Å²) in [4.78, 5) is 0. The van der Waals surface area contributed by atoms with Crippen LogP contribution in [-0.2, 0) is 0 Å². The van der Waals surface area contributed by atoms with E-state index < -0.39 is 0 Å². The minimum Gasteiger partial charge on any atom is -0.488 e. The summed E-state index contributed by atoms with van der Waals surface area (Å²) < 4.78 is 17.0. The lowest BCUT2D eigenvalue weighted by atomic mass is 10.4. The lowest BCUT2D eigenvalue weighted by molar-refractivity contribution is 0.217. The Morgan fingerprint density at radius 1 is 0.875 bits per heavy atom. The zero-order valence-corrected chi connectivity index (χ0v) is 15.6. The summed E-state index contributed by atoms with van der Waals surface area (Å²) in [6, 6.07) is 7.68. The standard InChI is InChI=1S/C16H12Br2N4O2/c17-11-7-16(15-2-4-19-21(15)9-11)24-6-5-23-12-8-13(18)14-1-3-20-22(14)10-12/h1-4,7-10H,5-6H2. The molecule has 0 spiro atoms. The Morgan fingerprint density at radius 3 is 2.42 bits per heavy atom. The van der Waals surface area contributed by atoms with Crippen LogP contribution in [0.1, 0.15) is 0 Å². The number of aromatic nitrogens is 4. The summed E-state index contributed by atoms with van der Waals surface area (Å²) in [6.07, 6.45) is 7.21. The molecule has 0 saturated heterocycles. The third-order valence-corrected chi connectivity index (χ3v) is 4.55. The summed E-state index contributed by atoms with van der Waals surface area (Å²) in [5.74, 6) is 1.49. The Hall–Kier alpha value is -2.06. The first kappa shape index (κ1) is 15.5. The molecule has 0 radical (unpaired) electrons. The van der Waals surface area contributed by atoms with E-state index in [0.717, 1.165) is 31.5 Å². The highest BCUT2D eigenvalue weighted by atomic mass is 79.9. The van der Waals surface area contributed by atoms with Gasteiger partial charge in [-0.15, -0.1) is 0 Å². The molecule has 0 aliphatic carbocycles. The van der Waals surface area contributed by atoms with E-state index in [4.69, 9.17) is 9.47 Å². The fourth-order valence-electron chi connectivity index (χ4n) is 2.43. The van der Waals surface area contributed by atoms with Crippen molar-refractivity contribution in [1.29, 1.82) is 0 Å². The molecule has 8 heteroatoms. The van der Waals surface area contributed by atoms with E-state index in [1.807, 2.05) is 36.7 Å². The first-order valence-corrected chi connectivity index (χ1v) is 8.81. The van der Waals surface area contributed by atoms with Crippen molar-refractivity contribution in [3.63, 3.8) is 0 Å². The molecule has 0 N–H and O–H groups in total. The second kappa shape index (κ2) is 6.45. The average Bonchev–Trinajstić information content (AvgIpc) is 3.20. The Kier molecular flexibility index (Phi) is 4.15. The molecule has 0 atom stereocenters. The summed E-state index contributed by atoms with van der Waals surface area (Å²) in [5.41, 5.74) is 1.91. The molecule has 4 rings (SSSR count). The van der Waals surface area contributed by atoms with Gasteiger partial charge in [-0.25, -0.2) is 9.03 Å². The SMILES string of the molecule is Brc1cc(OCCOc2cc(Br)c3ccnn3c2)c2ccnn2c1. The molecular formula is C16H12Br2N4O2. The number of rotatable bonds is 5. The normalized spacial score (nSPS) is 11.2. The maximum atomic E-state index is 5.83. The van der Waals surface area contributed by atoms with Crippen LogP contribution in [0, 0.1) is 0 Å². The summed E-state index contributed by atoms with van der Waals surface area (Å²) in [7, 11) is 0. The fraction of sp³-hybridized carbons (Fsp3) is 0.125. The highest BCUT2D eigenvalue weighted by Crippen LogP contribution is 2.25. The topological polar surface area (TPSA) is 53.1 Å². The second-order valence-corrected chi connectivity index (χ2v) is 6.84. The minimum absolute atomic E-state index is 0.423. The monoisotopic (exact) mass is 450 g/mol. The molecule has 0 fully saturated rings. The summed E-state index contributed by atoms with van der Waals surface area (Å²) >= 11 is 6.97. The van der Waals surface area contributed by atoms with Crippen molar-refractivity contribution in [2.45, 2.75) is 0 Å². The van der Waals surface area contributed by atoms with Gasteiger partial charge in [0.25, 0.3) is 0 Å². The zero-order chi connectivity index (χ0) is 16.5. The van der Waals surface area contributed by atoms with E-state index in [1.165, 1.54) is 0 Å². The summed E-state index contributed by atoms with van der Waals surface area (Å²) in [5, 5.41) is 8.42. The van der Waals surface area contributed by atoms with Gasteiger partial charge in [-0.2, -0.15) is 10.2 Å². The maximum absolute atomic E-state index is 5.83. The van der Waals surface area contributed by atoms with Crippen LogP contribution >= 0.6 is 31.9 Å². The summed E-state index contributed by atoms with van der Waals surface area (Å²) in [6.45, 7) is 0.845. The van der Waals surface area contributed by atoms with Crippen LogP contribution in [0.5, 0.6) is 11.5 Å². The van der Waals surface area contributed by atoms with Gasteiger partial charge >= 0.3 is 0 Å². The van der Waals surface area contributed by atoms with E-state index in [2.05, 4.69) is 42.1 Å². The number of halogens is 2. The molecule has 0 bridgehead atoms. The van der Waals surface area contributed by atoms with Gasteiger partial charge in [0.15, 0.2) is 0 Å². The molecule has 6 nitrogen and oxygen atoms in total. The molecule has 122 valence electrons. The van der Waals surface area contributed by atoms with E-state index in [1.54, 1.807) is 21.4 Å². The smallest absolute Gasteiger partial charge is 0.146 e. The molecule has 4 heterocycles. The molecular weight excluding hydrogens is 440 g/mol. The lowest BCUT2D eigenvalue weighted by Gasteiger charge is -2.10. The van der Waals surface area contributed by atoms with Crippen LogP contribution in [0.15, 0.2) is 58.0 Å². The highest BCUT2D eigenvalue weighted by molar-refractivity contribution is 9.11. The van der Waals surface area contributed by atoms with E-state index in [0.29, 0.717) is 13.2 Å². The van der Waals surface area contributed by atoms with Crippen molar-refractivity contribution in [3.8, 4) is 11.5 Å². The fourth-order valence-corrected chi connectivity index (χ4v) is 3.38. The molecule has 4 aromatic rings. The van der Waals surface area contributed by atoms with Gasteiger partial charge in [0.05, 0.1) is 24.1 Å². The molecule has 0 aliphatic heterocycles. The predicted molar refractivity (Wildman–Crippen MR) is 96.8 cm³/mol. The van der Waals surface area contributed by atoms with Gasteiger partial charge in [0.2, 0.25) is 0 Å². The number of ether oxygens (including phenoxy) is 2. The number of pyridine rings is 2. The van der Waals surface area contributed by atoms with E-state index in [-0.39, 0.29) is 0 Å². The van der Waals surface area contributed by atoms with Gasteiger partial charge in [-0.1, -0.05) is 0 Å². The van der Waals surface area contributed by atoms with Crippen LogP contribution in [0.4, 0.5) is 0 Å². The molecule has 0 unspecified atom stereocenters. The number of hydrogen-bond acceptors (Lipinski definition) is 4. The van der Waals surface area contributed by atoms with Crippen molar-refractivity contribution < 1.29 is 9.47 Å². The van der Waals surface area contributed by atoms with Crippen molar-refractivity contribution in [1.82, 2.24) is 19.2 Å². The first-order valence-electron chi connectivity index (χ1n) is 7.22. The average molecular weight is 452 g/mol. The van der Waals surface area contributed by atoms with Crippen molar-refractivity contribution in [3.05, 3.63) is 58.0 Å². The van der Waals surface area contributed by atoms with E-state index in [9.17, 15) is 0 Å². The van der Waals surface area contributed by atoms with Crippen LogP contribution in [0.3, 0.4) is 0 Å². The molecule has 0 aliphatic rings. The molecule has 0 saturated carbocycles. The Labute approximate surface area is 154 Å². The second-order valence-electron chi connectivity index (χ2n) is 5.07. The van der Waals surface area contributed by atoms with Gasteiger partial charge in [-0.05, 0) is 56.1 Å². The number of hydrogen-bond donors (Lipinski definition) is 0. The first-order chi connectivity index (χ1) is 11.7. The Balaban J connectivity index is 1.42. The number of fused-ring (bicyclic) bond motifs is 2. The van der Waals surface area contributed by atoms with E-state index >= 15 is 0 Å². The van der Waals surface area contributed by atoms with Gasteiger partial charge < -0.3 is 9.47 Å². The zero-order valence-electron chi connectivity index (χ0n) is 12.4. The van der Waals surface area contributed by atoms with Crippen LogP contribution in [0.2, 0.25) is 0 Å². The predicted octanol–water partition coefficient (Wildman–Crippen LogP) is 3.96. The number of nitrogens with zero attached hydrogens (tertiary/aromatic N) is 4. The third kappa shape index (κ3) is 2.99. The van der Waals surface area contributed by atoms with Gasteiger partial charge in [-0.3, -0.25) is 0 Å².